The summed E-state index contributed by atoms with van der Waals surface area (Å²) in [6, 6.07) is 14.8. The van der Waals surface area contributed by atoms with Gasteiger partial charge in [-0.1, -0.05) is 42.5 Å². The maximum Gasteiger partial charge on any atom is 0.224 e. The lowest BCUT2D eigenvalue weighted by atomic mass is 9.87. The highest BCUT2D eigenvalue weighted by Crippen LogP contribution is 2.20. The third-order valence-corrected chi connectivity index (χ3v) is 3.77. The Morgan fingerprint density at radius 2 is 1.89 bits per heavy atom. The molecule has 98 valence electrons. The Kier molecular flexibility index (Phi) is 3.22. The van der Waals surface area contributed by atoms with Gasteiger partial charge in [0.2, 0.25) is 5.91 Å². The third kappa shape index (κ3) is 2.61. The van der Waals surface area contributed by atoms with Crippen LogP contribution in [-0.4, -0.2) is 18.0 Å². The second kappa shape index (κ2) is 5.02. The van der Waals surface area contributed by atoms with Gasteiger partial charge >= 0.3 is 0 Å². The summed E-state index contributed by atoms with van der Waals surface area (Å²) in [7, 11) is 0. The fourth-order valence-electron chi connectivity index (χ4n) is 2.68. The first kappa shape index (κ1) is 12.2. The molecule has 0 saturated heterocycles. The van der Waals surface area contributed by atoms with Crippen LogP contribution in [-0.2, 0) is 11.2 Å². The minimum absolute atomic E-state index is 0.0910. The summed E-state index contributed by atoms with van der Waals surface area (Å²) in [5.41, 5.74) is 6.80. The van der Waals surface area contributed by atoms with Crippen molar-refractivity contribution in [3.05, 3.63) is 48.0 Å². The Bertz CT molecular complexity index is 597. The highest BCUT2D eigenvalue weighted by Gasteiger charge is 2.27. The van der Waals surface area contributed by atoms with Gasteiger partial charge < -0.3 is 11.1 Å². The number of rotatable bonds is 3. The normalized spacial score (nSPS) is 21.9. The van der Waals surface area contributed by atoms with Crippen molar-refractivity contribution < 1.29 is 4.79 Å². The SMILES string of the molecule is NC1CC(NC(=O)Cc2cccc3ccccc23)C1. The van der Waals surface area contributed by atoms with Gasteiger partial charge in [-0.15, -0.1) is 0 Å². The van der Waals surface area contributed by atoms with E-state index in [0.717, 1.165) is 23.8 Å². The third-order valence-electron chi connectivity index (χ3n) is 3.77. The molecule has 1 aliphatic carbocycles. The van der Waals surface area contributed by atoms with Crippen LogP contribution < -0.4 is 11.1 Å². The number of nitrogens with two attached hydrogens (primary N) is 1. The molecule has 0 heterocycles. The minimum atomic E-state index is 0.0910. The molecule has 3 rings (SSSR count). The lowest BCUT2D eigenvalue weighted by molar-refractivity contribution is -0.121. The van der Waals surface area contributed by atoms with Crippen LogP contribution in [0.25, 0.3) is 10.8 Å². The molecule has 2 aromatic rings. The van der Waals surface area contributed by atoms with E-state index in [1.165, 1.54) is 5.39 Å². The van der Waals surface area contributed by atoms with E-state index in [9.17, 15) is 4.79 Å². The summed E-state index contributed by atoms with van der Waals surface area (Å²) >= 11 is 0. The van der Waals surface area contributed by atoms with Crippen molar-refractivity contribution in [3.63, 3.8) is 0 Å². The molecule has 0 aromatic heterocycles. The van der Waals surface area contributed by atoms with Crippen molar-refractivity contribution in [2.24, 2.45) is 5.73 Å². The average molecular weight is 254 g/mol. The first-order valence-electron chi connectivity index (χ1n) is 6.74. The van der Waals surface area contributed by atoms with E-state index in [0.29, 0.717) is 6.42 Å². The van der Waals surface area contributed by atoms with Gasteiger partial charge in [0.1, 0.15) is 0 Å². The highest BCUT2D eigenvalue weighted by atomic mass is 16.1. The predicted octanol–water partition coefficient (Wildman–Crippen LogP) is 1.99. The van der Waals surface area contributed by atoms with Gasteiger partial charge in [0.05, 0.1) is 6.42 Å². The Labute approximate surface area is 112 Å². The van der Waals surface area contributed by atoms with E-state index < -0.39 is 0 Å². The first-order chi connectivity index (χ1) is 9.22. The minimum Gasteiger partial charge on any atom is -0.353 e. The molecule has 1 saturated carbocycles. The molecule has 0 aliphatic heterocycles. The predicted molar refractivity (Wildman–Crippen MR) is 76.8 cm³/mol. The number of hydrogen-bond donors (Lipinski definition) is 2. The molecule has 2 aromatic carbocycles. The number of carbonyl (C=O) groups excluding carboxylic acids is 1. The standard InChI is InChI=1S/C16H18N2O/c17-13-9-14(10-13)18-16(19)8-12-6-3-5-11-4-1-2-7-15(11)12/h1-7,13-14H,8-10,17H2,(H,18,19). The summed E-state index contributed by atoms with van der Waals surface area (Å²) in [5, 5.41) is 5.38. The lowest BCUT2D eigenvalue weighted by Crippen LogP contribution is -2.50. The molecule has 1 fully saturated rings. The molecular weight excluding hydrogens is 236 g/mol. The van der Waals surface area contributed by atoms with E-state index >= 15 is 0 Å². The highest BCUT2D eigenvalue weighted by molar-refractivity contribution is 5.90. The maximum atomic E-state index is 12.0. The van der Waals surface area contributed by atoms with E-state index in [1.807, 2.05) is 24.3 Å². The topological polar surface area (TPSA) is 55.1 Å². The van der Waals surface area contributed by atoms with Gasteiger partial charge in [0.15, 0.2) is 0 Å². The Morgan fingerprint density at radius 3 is 2.68 bits per heavy atom. The van der Waals surface area contributed by atoms with Crippen LogP contribution in [0.1, 0.15) is 18.4 Å². The van der Waals surface area contributed by atoms with Crippen molar-refractivity contribution in [2.45, 2.75) is 31.3 Å². The van der Waals surface area contributed by atoms with E-state index in [1.54, 1.807) is 0 Å². The van der Waals surface area contributed by atoms with Crippen molar-refractivity contribution in [1.82, 2.24) is 5.32 Å². The van der Waals surface area contributed by atoms with Crippen molar-refractivity contribution >= 4 is 16.7 Å². The van der Waals surface area contributed by atoms with Gasteiger partial charge in [-0.05, 0) is 29.2 Å². The largest absolute Gasteiger partial charge is 0.353 e. The molecule has 3 nitrogen and oxygen atoms in total. The van der Waals surface area contributed by atoms with E-state index in [-0.39, 0.29) is 18.0 Å². The Morgan fingerprint density at radius 1 is 1.16 bits per heavy atom. The van der Waals surface area contributed by atoms with Crippen LogP contribution in [0.4, 0.5) is 0 Å². The maximum absolute atomic E-state index is 12.0. The summed E-state index contributed by atoms with van der Waals surface area (Å²) in [5.74, 6) is 0.0910. The molecule has 0 atom stereocenters. The molecule has 1 amide bonds. The summed E-state index contributed by atoms with van der Waals surface area (Å²) in [6.07, 6.45) is 2.25. The number of fused-ring (bicyclic) bond motifs is 1. The molecule has 0 unspecified atom stereocenters. The molecule has 19 heavy (non-hydrogen) atoms. The summed E-state index contributed by atoms with van der Waals surface area (Å²) in [4.78, 5) is 12.0. The zero-order valence-corrected chi connectivity index (χ0v) is 10.8. The molecule has 0 bridgehead atoms. The smallest absolute Gasteiger partial charge is 0.224 e. The number of carbonyl (C=O) groups is 1. The van der Waals surface area contributed by atoms with Crippen LogP contribution in [0.15, 0.2) is 42.5 Å². The van der Waals surface area contributed by atoms with Gasteiger partial charge in [0.25, 0.3) is 0 Å². The summed E-state index contributed by atoms with van der Waals surface area (Å²) in [6.45, 7) is 0. The van der Waals surface area contributed by atoms with Crippen LogP contribution in [0, 0.1) is 0 Å². The van der Waals surface area contributed by atoms with Crippen LogP contribution >= 0.6 is 0 Å². The van der Waals surface area contributed by atoms with Crippen LogP contribution in [0.3, 0.4) is 0 Å². The Hall–Kier alpha value is -1.87. The second-order valence-electron chi connectivity index (χ2n) is 5.31. The number of amides is 1. The summed E-state index contributed by atoms with van der Waals surface area (Å²) < 4.78 is 0. The zero-order valence-electron chi connectivity index (χ0n) is 10.8. The average Bonchev–Trinajstić information content (AvgIpc) is 2.37. The zero-order chi connectivity index (χ0) is 13.2. The Balaban J connectivity index is 1.72. The van der Waals surface area contributed by atoms with Crippen molar-refractivity contribution in [1.29, 1.82) is 0 Å². The lowest BCUT2D eigenvalue weighted by Gasteiger charge is -2.33. The van der Waals surface area contributed by atoms with Crippen molar-refractivity contribution in [3.8, 4) is 0 Å². The van der Waals surface area contributed by atoms with Gasteiger partial charge in [0, 0.05) is 12.1 Å². The first-order valence-corrected chi connectivity index (χ1v) is 6.74. The number of benzene rings is 2. The van der Waals surface area contributed by atoms with Gasteiger partial charge in [-0.25, -0.2) is 0 Å². The fourth-order valence-corrected chi connectivity index (χ4v) is 2.68. The fraction of sp³-hybridized carbons (Fsp3) is 0.312. The van der Waals surface area contributed by atoms with Crippen LogP contribution in [0.5, 0.6) is 0 Å². The monoisotopic (exact) mass is 254 g/mol. The van der Waals surface area contributed by atoms with Crippen LogP contribution in [0.2, 0.25) is 0 Å². The van der Waals surface area contributed by atoms with Gasteiger partial charge in [-0.3, -0.25) is 4.79 Å². The van der Waals surface area contributed by atoms with E-state index in [4.69, 9.17) is 5.73 Å². The van der Waals surface area contributed by atoms with E-state index in [2.05, 4.69) is 23.5 Å². The quantitative estimate of drug-likeness (QED) is 0.880. The molecule has 1 aliphatic rings. The number of hydrogen-bond acceptors (Lipinski definition) is 2. The van der Waals surface area contributed by atoms with Gasteiger partial charge in [-0.2, -0.15) is 0 Å². The molecule has 3 N–H and O–H groups in total. The number of nitrogens with one attached hydrogen (secondary N) is 1. The molecule has 3 heteroatoms. The second-order valence-corrected chi connectivity index (χ2v) is 5.31. The molecular formula is C16H18N2O. The molecule has 0 spiro atoms. The van der Waals surface area contributed by atoms with Crippen molar-refractivity contribution in [2.75, 3.05) is 0 Å². The molecule has 0 radical (unpaired) electrons.